The number of hydrogen-bond acceptors (Lipinski definition) is 4. The fourth-order valence-electron chi connectivity index (χ4n) is 1.68. The summed E-state index contributed by atoms with van der Waals surface area (Å²) < 4.78 is 15.2. The molecule has 0 aromatic carbocycles. The minimum atomic E-state index is -0.324. The summed E-state index contributed by atoms with van der Waals surface area (Å²) in [7, 11) is 3.37. The molecule has 0 rings (SSSR count). The standard InChI is InChI=1S/C13H26O4Si/c1-4-12(14)17-9-6-5-7-10-18-11-8-13(15-2)16-3/h4,13H,1,5-11,18H2,2-3H3. The Bertz CT molecular complexity index is 217. The van der Waals surface area contributed by atoms with Crippen LogP contribution in [0, 0.1) is 0 Å². The van der Waals surface area contributed by atoms with Crippen molar-refractivity contribution in [2.45, 2.75) is 44.1 Å². The summed E-state index contributed by atoms with van der Waals surface area (Å²) in [6.07, 6.45) is 5.51. The lowest BCUT2D eigenvalue weighted by Gasteiger charge is -2.12. The number of methoxy groups -OCH3 is 2. The number of unbranched alkanes of at least 4 members (excludes halogenated alkanes) is 2. The van der Waals surface area contributed by atoms with Gasteiger partial charge in [0.25, 0.3) is 0 Å². The van der Waals surface area contributed by atoms with Crippen molar-refractivity contribution in [1.82, 2.24) is 0 Å². The summed E-state index contributed by atoms with van der Waals surface area (Å²) in [4.78, 5) is 10.7. The maximum atomic E-state index is 10.7. The second-order valence-electron chi connectivity index (χ2n) is 4.18. The highest BCUT2D eigenvalue weighted by Crippen LogP contribution is 2.06. The lowest BCUT2D eigenvalue weighted by molar-refractivity contribution is -0.137. The maximum absolute atomic E-state index is 10.7. The first-order valence-corrected chi connectivity index (χ1v) is 8.59. The van der Waals surface area contributed by atoms with Crippen molar-refractivity contribution in [3.63, 3.8) is 0 Å². The van der Waals surface area contributed by atoms with Crippen LogP contribution in [0.1, 0.15) is 25.7 Å². The highest BCUT2D eigenvalue weighted by Gasteiger charge is 2.03. The van der Waals surface area contributed by atoms with Crippen LogP contribution in [0.2, 0.25) is 12.1 Å². The molecule has 5 heteroatoms. The van der Waals surface area contributed by atoms with Crippen LogP contribution in [-0.2, 0) is 19.0 Å². The summed E-state index contributed by atoms with van der Waals surface area (Å²) in [5, 5.41) is 0. The van der Waals surface area contributed by atoms with Crippen molar-refractivity contribution in [2.75, 3.05) is 20.8 Å². The van der Waals surface area contributed by atoms with Gasteiger partial charge in [0, 0.05) is 29.8 Å². The molecule has 0 bridgehead atoms. The molecule has 0 heterocycles. The first-order chi connectivity index (χ1) is 8.74. The molecule has 106 valence electrons. The average Bonchev–Trinajstić information content (AvgIpc) is 2.40. The predicted molar refractivity (Wildman–Crippen MR) is 75.6 cm³/mol. The monoisotopic (exact) mass is 274 g/mol. The minimum absolute atomic E-state index is 0.0117. The van der Waals surface area contributed by atoms with E-state index in [1.807, 2.05) is 0 Å². The molecule has 4 nitrogen and oxygen atoms in total. The summed E-state index contributed by atoms with van der Waals surface area (Å²) in [6, 6.07) is 2.60. The second-order valence-corrected chi connectivity index (χ2v) is 6.30. The highest BCUT2D eigenvalue weighted by molar-refractivity contribution is 6.35. The number of carbonyl (C=O) groups excluding carboxylic acids is 1. The van der Waals surface area contributed by atoms with Gasteiger partial charge >= 0.3 is 5.97 Å². The van der Waals surface area contributed by atoms with E-state index in [1.54, 1.807) is 14.2 Å². The molecule has 0 aromatic heterocycles. The van der Waals surface area contributed by atoms with Crippen molar-refractivity contribution in [2.24, 2.45) is 0 Å². The van der Waals surface area contributed by atoms with Gasteiger partial charge in [0.05, 0.1) is 6.61 Å². The molecule has 0 N–H and O–H groups in total. The zero-order valence-corrected chi connectivity index (χ0v) is 13.1. The van der Waals surface area contributed by atoms with Gasteiger partial charge in [-0.15, -0.1) is 0 Å². The Morgan fingerprint density at radius 3 is 2.56 bits per heavy atom. The van der Waals surface area contributed by atoms with E-state index in [1.165, 1.54) is 24.6 Å². The topological polar surface area (TPSA) is 44.8 Å². The molecular formula is C13H26O4Si. The van der Waals surface area contributed by atoms with Crippen LogP contribution in [0.4, 0.5) is 0 Å². The van der Waals surface area contributed by atoms with E-state index in [9.17, 15) is 4.79 Å². The van der Waals surface area contributed by atoms with Crippen LogP contribution in [0.3, 0.4) is 0 Å². The van der Waals surface area contributed by atoms with Crippen molar-refractivity contribution in [3.8, 4) is 0 Å². The SMILES string of the molecule is C=CC(=O)OCCCCC[SiH2]CCC(OC)OC. The number of carbonyl (C=O) groups is 1. The third-order valence-corrected chi connectivity index (χ3v) is 4.68. The Balaban J connectivity index is 3.16. The lowest BCUT2D eigenvalue weighted by atomic mass is 10.3. The third-order valence-electron chi connectivity index (χ3n) is 2.77. The van der Waals surface area contributed by atoms with Gasteiger partial charge in [-0.1, -0.05) is 31.5 Å². The molecule has 0 aromatic rings. The molecule has 0 radical (unpaired) electrons. The van der Waals surface area contributed by atoms with E-state index in [0.717, 1.165) is 19.3 Å². The molecular weight excluding hydrogens is 248 g/mol. The summed E-state index contributed by atoms with van der Waals surface area (Å²) in [5.74, 6) is -0.324. The highest BCUT2D eigenvalue weighted by atomic mass is 28.2. The van der Waals surface area contributed by atoms with E-state index in [2.05, 4.69) is 6.58 Å². The molecule has 0 saturated heterocycles. The Labute approximate surface area is 113 Å². The van der Waals surface area contributed by atoms with Crippen LogP contribution in [0.5, 0.6) is 0 Å². The number of ether oxygens (including phenoxy) is 3. The van der Waals surface area contributed by atoms with Crippen LogP contribution in [-0.4, -0.2) is 42.6 Å². The summed E-state index contributed by atoms with van der Waals surface area (Å²) >= 11 is 0. The Morgan fingerprint density at radius 2 is 1.94 bits per heavy atom. The van der Waals surface area contributed by atoms with E-state index >= 15 is 0 Å². The van der Waals surface area contributed by atoms with Gasteiger partial charge in [-0.3, -0.25) is 0 Å². The fourth-order valence-corrected chi connectivity index (χ4v) is 3.37. The third kappa shape index (κ3) is 10.5. The molecule has 0 fully saturated rings. The van der Waals surface area contributed by atoms with E-state index in [4.69, 9.17) is 14.2 Å². The summed E-state index contributed by atoms with van der Waals surface area (Å²) in [6.45, 7) is 3.86. The molecule has 0 aliphatic rings. The normalized spacial score (nSPS) is 11.3. The van der Waals surface area contributed by atoms with Crippen LogP contribution in [0.25, 0.3) is 0 Å². The first kappa shape index (κ1) is 17.3. The van der Waals surface area contributed by atoms with Gasteiger partial charge in [0.2, 0.25) is 0 Å². The molecule has 0 aliphatic heterocycles. The van der Waals surface area contributed by atoms with Crippen molar-refractivity contribution in [1.29, 1.82) is 0 Å². The number of hydrogen-bond donors (Lipinski definition) is 0. The van der Waals surface area contributed by atoms with Crippen molar-refractivity contribution in [3.05, 3.63) is 12.7 Å². The van der Waals surface area contributed by atoms with Crippen molar-refractivity contribution >= 4 is 15.5 Å². The largest absolute Gasteiger partial charge is 0.463 e. The van der Waals surface area contributed by atoms with Gasteiger partial charge in [0.1, 0.15) is 0 Å². The fraction of sp³-hybridized carbons (Fsp3) is 0.769. The van der Waals surface area contributed by atoms with Crippen LogP contribution < -0.4 is 0 Å². The zero-order chi connectivity index (χ0) is 13.6. The van der Waals surface area contributed by atoms with Gasteiger partial charge in [0.15, 0.2) is 6.29 Å². The van der Waals surface area contributed by atoms with E-state index in [-0.39, 0.29) is 21.8 Å². The molecule has 0 saturated carbocycles. The lowest BCUT2D eigenvalue weighted by Crippen LogP contribution is -2.13. The van der Waals surface area contributed by atoms with Gasteiger partial charge in [-0.2, -0.15) is 0 Å². The van der Waals surface area contributed by atoms with Crippen molar-refractivity contribution < 1.29 is 19.0 Å². The smallest absolute Gasteiger partial charge is 0.330 e. The molecule has 0 spiro atoms. The quantitative estimate of drug-likeness (QED) is 0.179. The molecule has 0 amide bonds. The van der Waals surface area contributed by atoms with E-state index < -0.39 is 0 Å². The number of esters is 1. The van der Waals surface area contributed by atoms with Crippen LogP contribution in [0.15, 0.2) is 12.7 Å². The van der Waals surface area contributed by atoms with Gasteiger partial charge < -0.3 is 14.2 Å². The van der Waals surface area contributed by atoms with Gasteiger partial charge in [-0.25, -0.2) is 4.79 Å². The molecule has 18 heavy (non-hydrogen) atoms. The summed E-state index contributed by atoms with van der Waals surface area (Å²) in [5.41, 5.74) is 0. The van der Waals surface area contributed by atoms with Crippen LogP contribution >= 0.6 is 0 Å². The Kier molecular flexibility index (Phi) is 12.3. The Morgan fingerprint density at radius 1 is 1.22 bits per heavy atom. The first-order valence-electron chi connectivity index (χ1n) is 6.59. The van der Waals surface area contributed by atoms with Gasteiger partial charge in [-0.05, 0) is 12.8 Å². The Hall–Kier alpha value is -0.653. The van der Waals surface area contributed by atoms with E-state index in [0.29, 0.717) is 6.61 Å². The second kappa shape index (κ2) is 12.8. The minimum Gasteiger partial charge on any atom is -0.463 e. The molecule has 0 atom stereocenters. The average molecular weight is 274 g/mol. The zero-order valence-electron chi connectivity index (χ0n) is 11.7. The number of rotatable bonds is 12. The molecule has 0 unspecified atom stereocenters. The maximum Gasteiger partial charge on any atom is 0.330 e. The predicted octanol–water partition coefficient (Wildman–Crippen LogP) is 1.90. The molecule has 0 aliphatic carbocycles.